The second-order valence-electron chi connectivity index (χ2n) is 4.60. The molecule has 2 N–H and O–H groups in total. The van der Waals surface area contributed by atoms with Crippen molar-refractivity contribution in [3.8, 4) is 5.75 Å². The summed E-state index contributed by atoms with van der Waals surface area (Å²) in [7, 11) is 1.63. The number of hydrogen-bond acceptors (Lipinski definition) is 5. The summed E-state index contributed by atoms with van der Waals surface area (Å²) in [6.45, 7) is 1.28. The highest BCUT2D eigenvalue weighted by atomic mass is 16.5. The predicted octanol–water partition coefficient (Wildman–Crippen LogP) is 1.19. The number of rotatable bonds is 3. The van der Waals surface area contributed by atoms with Crippen molar-refractivity contribution in [2.24, 2.45) is 0 Å². The first-order valence-electron chi connectivity index (χ1n) is 6.23. The van der Waals surface area contributed by atoms with Gasteiger partial charge in [-0.15, -0.1) is 5.10 Å². The minimum absolute atomic E-state index is 0.182. The molecule has 1 atom stereocenters. The van der Waals surface area contributed by atoms with Crippen LogP contribution in [0.25, 0.3) is 0 Å². The second kappa shape index (κ2) is 4.84. The molecule has 2 aromatic rings. The number of ether oxygens (including phenoxy) is 1. The minimum atomic E-state index is -1.12. The first-order valence-corrected chi connectivity index (χ1v) is 6.23. The molecular formula is C13H14N4O3. The van der Waals surface area contributed by atoms with Gasteiger partial charge in [0.15, 0.2) is 0 Å². The predicted molar refractivity (Wildman–Crippen MR) is 71.2 cm³/mol. The van der Waals surface area contributed by atoms with Gasteiger partial charge in [0.2, 0.25) is 5.95 Å². The van der Waals surface area contributed by atoms with E-state index in [0.29, 0.717) is 19.0 Å². The van der Waals surface area contributed by atoms with Gasteiger partial charge in [-0.25, -0.2) is 9.48 Å². The monoisotopic (exact) mass is 274 g/mol. The van der Waals surface area contributed by atoms with E-state index in [4.69, 9.17) is 9.84 Å². The zero-order valence-corrected chi connectivity index (χ0v) is 10.9. The van der Waals surface area contributed by atoms with Crippen molar-refractivity contribution < 1.29 is 14.6 Å². The van der Waals surface area contributed by atoms with Gasteiger partial charge >= 0.3 is 5.97 Å². The van der Waals surface area contributed by atoms with E-state index >= 15 is 0 Å². The van der Waals surface area contributed by atoms with Crippen molar-refractivity contribution in [1.82, 2.24) is 14.8 Å². The Bertz CT molecular complexity index is 653. The van der Waals surface area contributed by atoms with Crippen LogP contribution in [0.2, 0.25) is 0 Å². The van der Waals surface area contributed by atoms with Gasteiger partial charge in [-0.05, 0) is 17.7 Å². The lowest BCUT2D eigenvalue weighted by atomic mass is 9.98. The van der Waals surface area contributed by atoms with E-state index in [9.17, 15) is 4.79 Å². The largest absolute Gasteiger partial charge is 0.497 e. The number of carboxylic acids is 1. The molecule has 0 saturated carbocycles. The molecule has 2 heterocycles. The van der Waals surface area contributed by atoms with E-state index in [2.05, 4.69) is 15.4 Å². The van der Waals surface area contributed by atoms with E-state index in [1.807, 2.05) is 24.3 Å². The van der Waals surface area contributed by atoms with Crippen LogP contribution in [0.4, 0.5) is 5.95 Å². The Hall–Kier alpha value is -2.57. The molecule has 0 saturated heterocycles. The lowest BCUT2D eigenvalue weighted by Gasteiger charge is -2.24. The summed E-state index contributed by atoms with van der Waals surface area (Å²) in [6, 6.07) is 7.83. The Morgan fingerprint density at radius 3 is 3.15 bits per heavy atom. The van der Waals surface area contributed by atoms with Gasteiger partial charge in [0.1, 0.15) is 5.75 Å². The van der Waals surface area contributed by atoms with Gasteiger partial charge in [0.25, 0.3) is 5.82 Å². The SMILES string of the molecule is COc1cccc(C2CNc3nc(C(=O)O)nn3C2)c1. The van der Waals surface area contributed by atoms with Crippen molar-refractivity contribution in [3.63, 3.8) is 0 Å². The molecule has 1 aromatic carbocycles. The fraction of sp³-hybridized carbons (Fsp3) is 0.308. The third kappa shape index (κ3) is 2.18. The number of carbonyl (C=O) groups is 1. The van der Waals surface area contributed by atoms with Crippen LogP contribution in [0, 0.1) is 0 Å². The number of benzene rings is 1. The maximum absolute atomic E-state index is 10.9. The fourth-order valence-electron chi connectivity index (χ4n) is 2.30. The Labute approximate surface area is 115 Å². The quantitative estimate of drug-likeness (QED) is 0.874. The molecule has 0 aliphatic carbocycles. The van der Waals surface area contributed by atoms with Crippen molar-refractivity contribution in [2.45, 2.75) is 12.5 Å². The zero-order chi connectivity index (χ0) is 14.1. The first kappa shape index (κ1) is 12.5. The van der Waals surface area contributed by atoms with E-state index in [1.54, 1.807) is 11.8 Å². The molecule has 1 aliphatic heterocycles. The van der Waals surface area contributed by atoms with Crippen molar-refractivity contribution in [2.75, 3.05) is 19.0 Å². The van der Waals surface area contributed by atoms with Crippen LogP contribution in [0.5, 0.6) is 5.75 Å². The van der Waals surface area contributed by atoms with Gasteiger partial charge in [0.05, 0.1) is 13.7 Å². The number of methoxy groups -OCH3 is 1. The number of anilines is 1. The number of fused-ring (bicyclic) bond motifs is 1. The Kier molecular flexibility index (Phi) is 3.02. The first-order chi connectivity index (χ1) is 9.67. The molecule has 20 heavy (non-hydrogen) atoms. The number of hydrogen-bond donors (Lipinski definition) is 2. The van der Waals surface area contributed by atoms with Crippen LogP contribution in [0.15, 0.2) is 24.3 Å². The van der Waals surface area contributed by atoms with Crippen LogP contribution in [-0.2, 0) is 6.54 Å². The lowest BCUT2D eigenvalue weighted by molar-refractivity contribution is 0.0683. The molecule has 1 aromatic heterocycles. The maximum atomic E-state index is 10.9. The van der Waals surface area contributed by atoms with Gasteiger partial charge in [-0.3, -0.25) is 0 Å². The highest BCUT2D eigenvalue weighted by Gasteiger charge is 2.24. The highest BCUT2D eigenvalue weighted by molar-refractivity contribution is 5.83. The molecule has 0 radical (unpaired) electrons. The Balaban J connectivity index is 1.85. The standard InChI is InChI=1S/C13H14N4O3/c1-20-10-4-2-3-8(5-10)9-6-14-13-15-11(12(18)19)16-17(13)7-9/h2-5,9H,6-7H2,1H3,(H,18,19)(H,14,15,16). The van der Waals surface area contributed by atoms with E-state index in [1.165, 1.54) is 0 Å². The van der Waals surface area contributed by atoms with E-state index < -0.39 is 5.97 Å². The Morgan fingerprint density at radius 1 is 1.55 bits per heavy atom. The smallest absolute Gasteiger partial charge is 0.375 e. The van der Waals surface area contributed by atoms with Crippen molar-refractivity contribution in [3.05, 3.63) is 35.7 Å². The van der Waals surface area contributed by atoms with Gasteiger partial charge in [0, 0.05) is 12.5 Å². The molecule has 7 heteroatoms. The summed E-state index contributed by atoms with van der Waals surface area (Å²) < 4.78 is 6.81. The average Bonchev–Trinajstić information content (AvgIpc) is 2.90. The van der Waals surface area contributed by atoms with Crippen LogP contribution < -0.4 is 10.1 Å². The third-order valence-electron chi connectivity index (χ3n) is 3.33. The normalized spacial score (nSPS) is 17.1. The molecule has 0 amide bonds. The number of aromatic carboxylic acids is 1. The summed E-state index contributed by atoms with van der Waals surface area (Å²) in [6.07, 6.45) is 0. The molecule has 0 bridgehead atoms. The second-order valence-corrected chi connectivity index (χ2v) is 4.60. The third-order valence-corrected chi connectivity index (χ3v) is 3.33. The van der Waals surface area contributed by atoms with Crippen LogP contribution in [0.1, 0.15) is 22.1 Å². The topological polar surface area (TPSA) is 89.3 Å². The van der Waals surface area contributed by atoms with Gasteiger partial charge in [-0.1, -0.05) is 12.1 Å². The summed E-state index contributed by atoms with van der Waals surface area (Å²) >= 11 is 0. The number of nitrogens with zero attached hydrogens (tertiary/aromatic N) is 3. The van der Waals surface area contributed by atoms with E-state index in [0.717, 1.165) is 11.3 Å². The minimum Gasteiger partial charge on any atom is -0.497 e. The lowest BCUT2D eigenvalue weighted by Crippen LogP contribution is -2.26. The van der Waals surface area contributed by atoms with Gasteiger partial charge in [-0.2, -0.15) is 4.98 Å². The fourth-order valence-corrected chi connectivity index (χ4v) is 2.30. The summed E-state index contributed by atoms with van der Waals surface area (Å²) in [4.78, 5) is 14.8. The van der Waals surface area contributed by atoms with Crippen LogP contribution >= 0.6 is 0 Å². The zero-order valence-electron chi connectivity index (χ0n) is 10.9. The maximum Gasteiger partial charge on any atom is 0.375 e. The van der Waals surface area contributed by atoms with Crippen LogP contribution in [-0.4, -0.2) is 39.5 Å². The summed E-state index contributed by atoms with van der Waals surface area (Å²) in [5.74, 6) is 0.200. The molecule has 1 unspecified atom stereocenters. The summed E-state index contributed by atoms with van der Waals surface area (Å²) in [5.41, 5.74) is 1.12. The van der Waals surface area contributed by atoms with Crippen LogP contribution in [0.3, 0.4) is 0 Å². The van der Waals surface area contributed by atoms with E-state index in [-0.39, 0.29) is 11.7 Å². The van der Waals surface area contributed by atoms with Crippen molar-refractivity contribution >= 4 is 11.9 Å². The molecule has 0 spiro atoms. The number of aromatic nitrogens is 3. The number of carboxylic acid groups (broad SMARTS) is 1. The Morgan fingerprint density at radius 2 is 2.40 bits per heavy atom. The molecular weight excluding hydrogens is 260 g/mol. The molecule has 0 fully saturated rings. The van der Waals surface area contributed by atoms with Gasteiger partial charge < -0.3 is 15.2 Å². The summed E-state index contributed by atoms with van der Waals surface area (Å²) in [5, 5.41) is 16.0. The highest BCUT2D eigenvalue weighted by Crippen LogP contribution is 2.26. The molecule has 3 rings (SSSR count). The molecule has 1 aliphatic rings. The average molecular weight is 274 g/mol. The molecule has 7 nitrogen and oxygen atoms in total. The number of nitrogens with one attached hydrogen (secondary N) is 1. The molecule has 104 valence electrons. The van der Waals surface area contributed by atoms with Crippen molar-refractivity contribution in [1.29, 1.82) is 0 Å².